The molecular weight excluding hydrogens is 416 g/mol. The highest BCUT2D eigenvalue weighted by atomic mass is 16.6. The SMILES string of the molecule is CC(C)(C)OC(=O)NCCOCCC(=O)NCC1CCC(NC(=O)CCCC(N)=O)CC1. The van der Waals surface area contributed by atoms with Crippen LogP contribution in [0.25, 0.3) is 0 Å². The Morgan fingerprint density at radius 3 is 2.22 bits per heavy atom. The van der Waals surface area contributed by atoms with E-state index in [0.29, 0.717) is 38.5 Å². The molecule has 0 aromatic heterocycles. The normalized spacial score (nSPS) is 18.5. The van der Waals surface area contributed by atoms with Crippen LogP contribution in [0, 0.1) is 5.92 Å². The first-order valence-corrected chi connectivity index (χ1v) is 11.4. The summed E-state index contributed by atoms with van der Waals surface area (Å²) in [5.74, 6) is -0.0812. The number of carbonyl (C=O) groups excluding carboxylic acids is 4. The Kier molecular flexibility index (Phi) is 12.7. The quantitative estimate of drug-likeness (QED) is 0.308. The van der Waals surface area contributed by atoms with E-state index in [1.54, 1.807) is 20.8 Å². The lowest BCUT2D eigenvalue weighted by atomic mass is 9.86. The Hall–Kier alpha value is -2.36. The van der Waals surface area contributed by atoms with Gasteiger partial charge in [-0.2, -0.15) is 0 Å². The number of alkyl carbamates (subject to hydrolysis) is 1. The molecule has 184 valence electrons. The molecule has 0 atom stereocenters. The molecule has 10 heteroatoms. The number of hydrogen-bond donors (Lipinski definition) is 4. The zero-order valence-corrected chi connectivity index (χ0v) is 19.7. The maximum absolute atomic E-state index is 12.0. The van der Waals surface area contributed by atoms with Crippen LogP contribution in [-0.2, 0) is 23.9 Å². The highest BCUT2D eigenvalue weighted by Crippen LogP contribution is 2.23. The lowest BCUT2D eigenvalue weighted by Gasteiger charge is -2.29. The summed E-state index contributed by atoms with van der Waals surface area (Å²) in [6.45, 7) is 6.92. The van der Waals surface area contributed by atoms with Crippen molar-refractivity contribution >= 4 is 23.8 Å². The molecule has 0 bridgehead atoms. The van der Waals surface area contributed by atoms with Gasteiger partial charge in [-0.15, -0.1) is 0 Å². The Bertz CT molecular complexity index is 612. The predicted octanol–water partition coefficient (Wildman–Crippen LogP) is 1.36. The fourth-order valence-corrected chi connectivity index (χ4v) is 3.39. The fourth-order valence-electron chi connectivity index (χ4n) is 3.39. The summed E-state index contributed by atoms with van der Waals surface area (Å²) in [4.78, 5) is 46.1. The molecule has 0 aromatic carbocycles. The van der Waals surface area contributed by atoms with Gasteiger partial charge in [0.15, 0.2) is 0 Å². The van der Waals surface area contributed by atoms with Gasteiger partial charge < -0.3 is 31.2 Å². The summed E-state index contributed by atoms with van der Waals surface area (Å²) >= 11 is 0. The number of carbonyl (C=O) groups is 4. The van der Waals surface area contributed by atoms with E-state index in [9.17, 15) is 19.2 Å². The van der Waals surface area contributed by atoms with Gasteiger partial charge in [0.1, 0.15) is 5.60 Å². The standard InChI is InChI=1S/C22H40N4O6/c1-22(2,3)32-21(30)24-12-14-31-13-11-19(28)25-15-16-7-9-17(10-8-16)26-20(29)6-4-5-18(23)27/h16-17H,4-15H2,1-3H3,(H2,23,27)(H,24,30)(H,25,28)(H,26,29). The van der Waals surface area contributed by atoms with E-state index in [1.165, 1.54) is 0 Å². The molecule has 0 unspecified atom stereocenters. The van der Waals surface area contributed by atoms with Gasteiger partial charge >= 0.3 is 6.09 Å². The van der Waals surface area contributed by atoms with E-state index in [0.717, 1.165) is 25.7 Å². The van der Waals surface area contributed by atoms with E-state index >= 15 is 0 Å². The van der Waals surface area contributed by atoms with Gasteiger partial charge in [0, 0.05) is 38.4 Å². The molecule has 5 N–H and O–H groups in total. The molecule has 1 rings (SSSR count). The highest BCUT2D eigenvalue weighted by Gasteiger charge is 2.22. The van der Waals surface area contributed by atoms with Crippen LogP contribution in [0.15, 0.2) is 0 Å². The van der Waals surface area contributed by atoms with E-state index in [-0.39, 0.29) is 43.2 Å². The maximum atomic E-state index is 12.0. The molecule has 32 heavy (non-hydrogen) atoms. The van der Waals surface area contributed by atoms with Crippen molar-refractivity contribution in [3.8, 4) is 0 Å². The molecule has 1 aliphatic carbocycles. The lowest BCUT2D eigenvalue weighted by molar-refractivity contribution is -0.123. The predicted molar refractivity (Wildman–Crippen MR) is 120 cm³/mol. The van der Waals surface area contributed by atoms with Crippen molar-refractivity contribution in [2.24, 2.45) is 11.7 Å². The van der Waals surface area contributed by atoms with Crippen LogP contribution in [0.1, 0.15) is 72.1 Å². The Morgan fingerprint density at radius 1 is 0.906 bits per heavy atom. The van der Waals surface area contributed by atoms with E-state index < -0.39 is 11.7 Å². The van der Waals surface area contributed by atoms with E-state index in [2.05, 4.69) is 16.0 Å². The lowest BCUT2D eigenvalue weighted by Crippen LogP contribution is -2.39. The smallest absolute Gasteiger partial charge is 0.407 e. The number of nitrogens with two attached hydrogens (primary N) is 1. The van der Waals surface area contributed by atoms with Gasteiger partial charge in [0.25, 0.3) is 0 Å². The summed E-state index contributed by atoms with van der Waals surface area (Å²) in [7, 11) is 0. The van der Waals surface area contributed by atoms with Crippen LogP contribution in [0.2, 0.25) is 0 Å². The van der Waals surface area contributed by atoms with Gasteiger partial charge in [-0.1, -0.05) is 0 Å². The highest BCUT2D eigenvalue weighted by molar-refractivity contribution is 5.78. The third kappa shape index (κ3) is 14.6. The summed E-state index contributed by atoms with van der Waals surface area (Å²) in [5, 5.41) is 8.55. The van der Waals surface area contributed by atoms with Gasteiger partial charge in [-0.05, 0) is 58.8 Å². The first-order chi connectivity index (χ1) is 15.0. The van der Waals surface area contributed by atoms with Crippen LogP contribution in [-0.4, -0.2) is 61.8 Å². The van der Waals surface area contributed by atoms with Gasteiger partial charge in [-0.25, -0.2) is 4.79 Å². The molecule has 1 fully saturated rings. The number of nitrogens with one attached hydrogen (secondary N) is 3. The average Bonchev–Trinajstić information content (AvgIpc) is 2.68. The zero-order chi connectivity index (χ0) is 24.0. The third-order valence-electron chi connectivity index (χ3n) is 5.01. The maximum Gasteiger partial charge on any atom is 0.407 e. The number of amides is 4. The largest absolute Gasteiger partial charge is 0.444 e. The molecule has 0 saturated heterocycles. The van der Waals surface area contributed by atoms with Crippen LogP contribution < -0.4 is 21.7 Å². The molecule has 0 radical (unpaired) electrons. The van der Waals surface area contributed by atoms with Crippen molar-refractivity contribution < 1.29 is 28.7 Å². The minimum Gasteiger partial charge on any atom is -0.444 e. The molecular formula is C22H40N4O6. The number of primary amides is 1. The number of hydrogen-bond acceptors (Lipinski definition) is 6. The minimum absolute atomic E-state index is 0.0377. The second kappa shape index (κ2) is 14.7. The number of ether oxygens (including phenoxy) is 2. The second-order valence-corrected chi connectivity index (χ2v) is 9.20. The van der Waals surface area contributed by atoms with Gasteiger partial charge in [-0.3, -0.25) is 14.4 Å². The molecule has 0 aromatic rings. The van der Waals surface area contributed by atoms with Gasteiger partial charge in [0.05, 0.1) is 13.2 Å². The molecule has 0 spiro atoms. The third-order valence-corrected chi connectivity index (χ3v) is 5.01. The number of rotatable bonds is 13. The summed E-state index contributed by atoms with van der Waals surface area (Å²) in [6, 6.07) is 0.158. The van der Waals surface area contributed by atoms with Crippen LogP contribution in [0.4, 0.5) is 4.79 Å². The molecule has 1 saturated carbocycles. The van der Waals surface area contributed by atoms with Crippen molar-refractivity contribution in [1.82, 2.24) is 16.0 Å². The monoisotopic (exact) mass is 456 g/mol. The summed E-state index contributed by atoms with van der Waals surface area (Å²) < 4.78 is 10.5. The van der Waals surface area contributed by atoms with Crippen molar-refractivity contribution in [2.45, 2.75) is 83.8 Å². The molecule has 1 aliphatic rings. The second-order valence-electron chi connectivity index (χ2n) is 9.20. The Morgan fingerprint density at radius 2 is 1.59 bits per heavy atom. The first kappa shape index (κ1) is 27.7. The zero-order valence-electron chi connectivity index (χ0n) is 19.7. The molecule has 0 heterocycles. The van der Waals surface area contributed by atoms with Crippen molar-refractivity contribution in [2.75, 3.05) is 26.3 Å². The summed E-state index contributed by atoms with van der Waals surface area (Å²) in [6.07, 6.45) is 4.46. The van der Waals surface area contributed by atoms with Crippen LogP contribution >= 0.6 is 0 Å². The first-order valence-electron chi connectivity index (χ1n) is 11.4. The van der Waals surface area contributed by atoms with Crippen molar-refractivity contribution in [3.63, 3.8) is 0 Å². The Labute approximate surface area is 190 Å². The molecule has 0 aliphatic heterocycles. The fraction of sp³-hybridized carbons (Fsp3) is 0.818. The van der Waals surface area contributed by atoms with E-state index in [4.69, 9.17) is 15.2 Å². The summed E-state index contributed by atoms with van der Waals surface area (Å²) in [5.41, 5.74) is 4.54. The van der Waals surface area contributed by atoms with Crippen LogP contribution in [0.5, 0.6) is 0 Å². The van der Waals surface area contributed by atoms with Crippen molar-refractivity contribution in [3.05, 3.63) is 0 Å². The minimum atomic E-state index is -0.538. The topological polar surface area (TPSA) is 149 Å². The van der Waals surface area contributed by atoms with Crippen LogP contribution in [0.3, 0.4) is 0 Å². The Balaban J connectivity index is 2.02. The van der Waals surface area contributed by atoms with E-state index in [1.807, 2.05) is 0 Å². The van der Waals surface area contributed by atoms with Crippen molar-refractivity contribution in [1.29, 1.82) is 0 Å². The average molecular weight is 457 g/mol. The van der Waals surface area contributed by atoms with Gasteiger partial charge in [0.2, 0.25) is 17.7 Å². The molecule has 10 nitrogen and oxygen atoms in total. The molecule has 4 amide bonds.